The highest BCUT2D eigenvalue weighted by atomic mass is 16.2. The molecule has 3 amide bonds. The number of hydrogen-bond donors (Lipinski definition) is 3. The Kier molecular flexibility index (Phi) is 3.94. The van der Waals surface area contributed by atoms with Crippen molar-refractivity contribution in [2.24, 2.45) is 5.84 Å². The predicted octanol–water partition coefficient (Wildman–Crippen LogP) is -0.756. The number of nitrogen functional groups attached to an aromatic ring is 1. The van der Waals surface area contributed by atoms with Gasteiger partial charge in [-0.2, -0.15) is 0 Å². The molecule has 1 atom stereocenters. The Hall–Kier alpha value is -2.48. The van der Waals surface area contributed by atoms with Crippen molar-refractivity contribution in [3.63, 3.8) is 0 Å². The Morgan fingerprint density at radius 3 is 3.00 bits per heavy atom. The maximum Gasteiger partial charge on any atom is 0.255 e. The average molecular weight is 277 g/mol. The molecule has 1 aliphatic rings. The van der Waals surface area contributed by atoms with Gasteiger partial charge in [0.2, 0.25) is 11.8 Å². The van der Waals surface area contributed by atoms with Crippen LogP contribution in [0.25, 0.3) is 0 Å². The number of pyridine rings is 1. The first-order valence-electron chi connectivity index (χ1n) is 6.14. The summed E-state index contributed by atoms with van der Waals surface area (Å²) in [6.07, 6.45) is 1.85. The Morgan fingerprint density at radius 1 is 1.60 bits per heavy atom. The maximum atomic E-state index is 12.4. The van der Waals surface area contributed by atoms with Crippen molar-refractivity contribution >= 4 is 23.5 Å². The van der Waals surface area contributed by atoms with E-state index in [1.54, 1.807) is 6.92 Å². The number of nitrogens with two attached hydrogens (primary N) is 1. The summed E-state index contributed by atoms with van der Waals surface area (Å²) in [5.74, 6) is 4.22. The minimum absolute atomic E-state index is 0.142. The average Bonchev–Trinajstić information content (AvgIpc) is 2.45. The second kappa shape index (κ2) is 5.66. The Labute approximate surface area is 115 Å². The van der Waals surface area contributed by atoms with E-state index >= 15 is 0 Å². The third kappa shape index (κ3) is 2.59. The van der Waals surface area contributed by atoms with Crippen LogP contribution in [0.1, 0.15) is 23.7 Å². The van der Waals surface area contributed by atoms with E-state index in [1.807, 2.05) is 0 Å². The zero-order valence-corrected chi connectivity index (χ0v) is 10.9. The zero-order chi connectivity index (χ0) is 14.7. The molecule has 4 N–H and O–H groups in total. The quantitative estimate of drug-likeness (QED) is 0.380. The van der Waals surface area contributed by atoms with Gasteiger partial charge in [0.1, 0.15) is 18.4 Å². The normalized spacial score (nSPS) is 18.7. The number of aromatic nitrogens is 1. The minimum Gasteiger partial charge on any atom is -0.317 e. The number of nitrogens with zero attached hydrogens (tertiary/aromatic N) is 2. The lowest BCUT2D eigenvalue weighted by Gasteiger charge is -2.33. The van der Waals surface area contributed by atoms with Crippen LogP contribution < -0.4 is 16.6 Å². The standard InChI is InChI=1S/C12H15N5O3/c1-2-8-11(19)15-10(18)6-17(8)12(20)7-3-4-14-9(5-7)16-13/h3-5,8H,2,6,13H2,1H3,(H,14,16)(H,15,18,19). The highest BCUT2D eigenvalue weighted by Gasteiger charge is 2.35. The van der Waals surface area contributed by atoms with E-state index in [4.69, 9.17) is 5.84 Å². The molecule has 1 aromatic heterocycles. The van der Waals surface area contributed by atoms with Crippen molar-refractivity contribution in [3.8, 4) is 0 Å². The maximum absolute atomic E-state index is 12.4. The van der Waals surface area contributed by atoms with Gasteiger partial charge in [-0.3, -0.25) is 19.7 Å². The van der Waals surface area contributed by atoms with Crippen molar-refractivity contribution in [3.05, 3.63) is 23.9 Å². The Balaban J connectivity index is 2.29. The monoisotopic (exact) mass is 277 g/mol. The lowest BCUT2D eigenvalue weighted by atomic mass is 10.1. The molecule has 0 spiro atoms. The first kappa shape index (κ1) is 13.9. The number of hydrazine groups is 1. The molecule has 0 bridgehead atoms. The van der Waals surface area contributed by atoms with Crippen molar-refractivity contribution in [1.29, 1.82) is 0 Å². The van der Waals surface area contributed by atoms with E-state index < -0.39 is 23.8 Å². The number of amides is 3. The van der Waals surface area contributed by atoms with Gasteiger partial charge in [-0.15, -0.1) is 0 Å². The van der Waals surface area contributed by atoms with E-state index in [2.05, 4.69) is 15.7 Å². The second-order valence-corrected chi connectivity index (χ2v) is 4.34. The fourth-order valence-corrected chi connectivity index (χ4v) is 2.09. The van der Waals surface area contributed by atoms with Crippen molar-refractivity contribution in [2.75, 3.05) is 12.0 Å². The topological polar surface area (TPSA) is 117 Å². The predicted molar refractivity (Wildman–Crippen MR) is 70.3 cm³/mol. The van der Waals surface area contributed by atoms with Crippen LogP contribution in [0.2, 0.25) is 0 Å². The molecular weight excluding hydrogens is 262 g/mol. The number of rotatable bonds is 3. The third-order valence-corrected chi connectivity index (χ3v) is 3.06. The van der Waals surface area contributed by atoms with Gasteiger partial charge in [-0.05, 0) is 18.6 Å². The van der Waals surface area contributed by atoms with Crippen molar-refractivity contribution < 1.29 is 14.4 Å². The van der Waals surface area contributed by atoms with Gasteiger partial charge >= 0.3 is 0 Å². The summed E-state index contributed by atoms with van der Waals surface area (Å²) < 4.78 is 0. The van der Waals surface area contributed by atoms with Crippen LogP contribution in [0.4, 0.5) is 5.82 Å². The number of imide groups is 1. The summed E-state index contributed by atoms with van der Waals surface area (Å²) in [5, 5.41) is 2.22. The van der Waals surface area contributed by atoms with Gasteiger partial charge < -0.3 is 10.3 Å². The first-order valence-corrected chi connectivity index (χ1v) is 6.14. The van der Waals surface area contributed by atoms with Crippen molar-refractivity contribution in [2.45, 2.75) is 19.4 Å². The molecule has 0 aromatic carbocycles. The number of hydrogen-bond acceptors (Lipinski definition) is 6. The van der Waals surface area contributed by atoms with Gasteiger partial charge in [-0.25, -0.2) is 10.8 Å². The van der Waals surface area contributed by atoms with Crippen LogP contribution in [-0.2, 0) is 9.59 Å². The van der Waals surface area contributed by atoms with Crippen LogP contribution in [0.3, 0.4) is 0 Å². The van der Waals surface area contributed by atoms with Gasteiger partial charge in [-0.1, -0.05) is 6.92 Å². The molecule has 8 heteroatoms. The Bertz CT molecular complexity index is 560. The summed E-state index contributed by atoms with van der Waals surface area (Å²) in [6, 6.07) is 2.32. The van der Waals surface area contributed by atoms with E-state index in [-0.39, 0.29) is 6.54 Å². The molecule has 1 aromatic rings. The van der Waals surface area contributed by atoms with Gasteiger partial charge in [0, 0.05) is 11.8 Å². The van der Waals surface area contributed by atoms with E-state index in [0.717, 1.165) is 0 Å². The molecule has 1 unspecified atom stereocenters. The van der Waals surface area contributed by atoms with Crippen LogP contribution in [0.5, 0.6) is 0 Å². The summed E-state index contributed by atoms with van der Waals surface area (Å²) >= 11 is 0. The van der Waals surface area contributed by atoms with Crippen LogP contribution in [0, 0.1) is 0 Å². The molecule has 2 heterocycles. The minimum atomic E-state index is -0.650. The summed E-state index contributed by atoms with van der Waals surface area (Å²) in [5.41, 5.74) is 2.65. The largest absolute Gasteiger partial charge is 0.317 e. The fraction of sp³-hybridized carbons (Fsp3) is 0.333. The highest BCUT2D eigenvalue weighted by molar-refractivity contribution is 6.07. The summed E-state index contributed by atoms with van der Waals surface area (Å²) in [6.45, 7) is 1.64. The SMILES string of the molecule is CCC1C(=O)NC(=O)CN1C(=O)c1ccnc(NN)c1. The second-order valence-electron chi connectivity index (χ2n) is 4.34. The van der Waals surface area contributed by atoms with E-state index in [9.17, 15) is 14.4 Å². The van der Waals surface area contributed by atoms with E-state index in [0.29, 0.717) is 17.8 Å². The zero-order valence-electron chi connectivity index (χ0n) is 10.9. The number of carbonyl (C=O) groups excluding carboxylic acids is 3. The number of carbonyl (C=O) groups is 3. The molecule has 0 saturated carbocycles. The summed E-state index contributed by atoms with van der Waals surface area (Å²) in [4.78, 5) is 40.8. The van der Waals surface area contributed by atoms with Gasteiger partial charge in [0.05, 0.1) is 0 Å². The van der Waals surface area contributed by atoms with Gasteiger partial charge in [0.25, 0.3) is 5.91 Å². The van der Waals surface area contributed by atoms with E-state index in [1.165, 1.54) is 23.2 Å². The molecule has 106 valence electrons. The van der Waals surface area contributed by atoms with Crippen molar-refractivity contribution in [1.82, 2.24) is 15.2 Å². The smallest absolute Gasteiger partial charge is 0.255 e. The molecule has 1 fully saturated rings. The molecule has 20 heavy (non-hydrogen) atoms. The first-order chi connectivity index (χ1) is 9.56. The highest BCUT2D eigenvalue weighted by Crippen LogP contribution is 2.15. The molecule has 1 aliphatic heterocycles. The van der Waals surface area contributed by atoms with Crippen LogP contribution >= 0.6 is 0 Å². The number of anilines is 1. The summed E-state index contributed by atoms with van der Waals surface area (Å²) in [7, 11) is 0. The number of nitrogens with one attached hydrogen (secondary N) is 2. The fourth-order valence-electron chi connectivity index (χ4n) is 2.09. The lowest BCUT2D eigenvalue weighted by Crippen LogP contribution is -2.59. The molecule has 0 aliphatic carbocycles. The molecule has 8 nitrogen and oxygen atoms in total. The molecule has 1 saturated heterocycles. The Morgan fingerprint density at radius 2 is 2.35 bits per heavy atom. The van der Waals surface area contributed by atoms with Crippen LogP contribution in [-0.4, -0.2) is 40.2 Å². The number of piperazine rings is 1. The molecule has 0 radical (unpaired) electrons. The van der Waals surface area contributed by atoms with Crippen LogP contribution in [0.15, 0.2) is 18.3 Å². The lowest BCUT2D eigenvalue weighted by molar-refractivity contribution is -0.138. The molecule has 2 rings (SSSR count). The third-order valence-electron chi connectivity index (χ3n) is 3.06. The van der Waals surface area contributed by atoms with Gasteiger partial charge in [0.15, 0.2) is 0 Å². The molecular formula is C12H15N5O3.